The Kier molecular flexibility index (Phi) is 26.7. The van der Waals surface area contributed by atoms with Crippen LogP contribution in [-0.2, 0) is 59.9 Å². The zero-order chi connectivity index (χ0) is 70.6. The lowest BCUT2D eigenvalue weighted by atomic mass is 9.73. The van der Waals surface area contributed by atoms with Crippen molar-refractivity contribution in [3.8, 4) is 11.1 Å². The van der Waals surface area contributed by atoms with Crippen LogP contribution in [-0.4, -0.2) is 46.6 Å². The monoisotopic (exact) mass is 1240 g/mol. The van der Waals surface area contributed by atoms with Crippen LogP contribution >= 0.6 is 0 Å². The first-order valence-corrected chi connectivity index (χ1v) is 32.1. The van der Waals surface area contributed by atoms with Gasteiger partial charge in [0, 0.05) is 45.7 Å². The van der Waals surface area contributed by atoms with Gasteiger partial charge in [-0.3, -0.25) is 24.0 Å². The Labute approximate surface area is 545 Å². The van der Waals surface area contributed by atoms with E-state index >= 15 is 0 Å². The van der Waals surface area contributed by atoms with Crippen molar-refractivity contribution >= 4 is 29.8 Å². The molecule has 90 heavy (non-hydrogen) atoms. The Balaban J connectivity index is 0.000000414. The third-order valence-corrected chi connectivity index (χ3v) is 20.5. The van der Waals surface area contributed by atoms with Gasteiger partial charge in [0.15, 0.2) is 5.60 Å². The minimum atomic E-state index is -0.833. The van der Waals surface area contributed by atoms with Gasteiger partial charge in [-0.05, 0) is 376 Å². The molecular formula is C80H118O10. The van der Waals surface area contributed by atoms with Gasteiger partial charge in [0.25, 0.3) is 0 Å². The zero-order valence-electron chi connectivity index (χ0n) is 63.4. The Morgan fingerprint density at radius 3 is 0.811 bits per heavy atom. The van der Waals surface area contributed by atoms with E-state index in [2.05, 4.69) is 180 Å². The first-order chi connectivity index (χ1) is 40.7. The van der Waals surface area contributed by atoms with Crippen LogP contribution < -0.4 is 0 Å². The van der Waals surface area contributed by atoms with Gasteiger partial charge in [-0.1, -0.05) is 13.8 Å². The molecule has 0 aromatic heterocycles. The fourth-order valence-electron chi connectivity index (χ4n) is 13.2. The van der Waals surface area contributed by atoms with Gasteiger partial charge in [0.2, 0.25) is 0 Å². The highest BCUT2D eigenvalue weighted by Crippen LogP contribution is 2.57. The van der Waals surface area contributed by atoms with Gasteiger partial charge < -0.3 is 23.7 Å². The van der Waals surface area contributed by atoms with E-state index in [0.29, 0.717) is 12.5 Å². The molecule has 0 saturated heterocycles. The second-order valence-electron chi connectivity index (χ2n) is 28.3. The molecule has 0 amide bonds. The Bertz CT molecular complexity index is 3360. The van der Waals surface area contributed by atoms with Gasteiger partial charge in [-0.25, -0.2) is 0 Å². The lowest BCUT2D eigenvalue weighted by Gasteiger charge is -2.38. The van der Waals surface area contributed by atoms with Gasteiger partial charge in [0.05, 0.1) is 5.92 Å². The first-order valence-electron chi connectivity index (χ1n) is 32.1. The number of hydrogen-bond acceptors (Lipinski definition) is 10. The topological polar surface area (TPSA) is 132 Å². The number of ether oxygens (including phenoxy) is 5. The van der Waals surface area contributed by atoms with E-state index in [0.717, 1.165) is 16.7 Å². The van der Waals surface area contributed by atoms with Crippen LogP contribution in [0.3, 0.4) is 0 Å². The summed E-state index contributed by atoms with van der Waals surface area (Å²) in [5.41, 5.74) is 36.4. The molecule has 0 aliphatic heterocycles. The van der Waals surface area contributed by atoms with E-state index in [-0.39, 0.29) is 47.0 Å². The molecule has 0 N–H and O–H groups in total. The van der Waals surface area contributed by atoms with Crippen LogP contribution in [0.15, 0.2) is 0 Å². The molecule has 0 saturated carbocycles. The van der Waals surface area contributed by atoms with Crippen LogP contribution in [0.4, 0.5) is 0 Å². The predicted octanol–water partition coefficient (Wildman–Crippen LogP) is 19.8. The Morgan fingerprint density at radius 1 is 0.322 bits per heavy atom. The largest absolute Gasteiger partial charge is 0.461 e. The van der Waals surface area contributed by atoms with Gasteiger partial charge in [-0.15, -0.1) is 0 Å². The summed E-state index contributed by atoms with van der Waals surface area (Å²) >= 11 is 0. The molecule has 10 heteroatoms. The molecule has 5 aromatic rings. The van der Waals surface area contributed by atoms with Crippen molar-refractivity contribution in [2.24, 2.45) is 5.92 Å². The summed E-state index contributed by atoms with van der Waals surface area (Å²) in [6, 6.07) is 0. The molecule has 0 fully saturated rings. The van der Waals surface area contributed by atoms with Crippen LogP contribution in [0, 0.1) is 165 Å². The van der Waals surface area contributed by atoms with Crippen LogP contribution in [0.5, 0.6) is 0 Å². The molecule has 1 aliphatic rings. The Morgan fingerprint density at radius 2 is 0.578 bits per heavy atom. The van der Waals surface area contributed by atoms with Crippen LogP contribution in [0.2, 0.25) is 0 Å². The highest BCUT2D eigenvalue weighted by molar-refractivity contribution is 5.89. The number of benzene rings is 5. The average molecular weight is 1240 g/mol. The molecule has 0 atom stereocenters. The number of carbonyl (C=O) groups excluding carboxylic acids is 5. The molecule has 0 heterocycles. The maximum absolute atomic E-state index is 12.3. The van der Waals surface area contributed by atoms with Crippen molar-refractivity contribution < 1.29 is 47.7 Å². The molecule has 6 rings (SSSR count). The number of esters is 5. The number of rotatable bonds is 9. The standard InChI is InChI=1S/C26H34O2.C26H36O2.C14H20O2.C8H16O2.C6H12O2/c1-12-14(3)18(7)23-21(16(12)5)22-17(6)13(2)15(4)19(8)24(22)25(23)26(10,11)28-20(9)27;1-13-15(3)19(7)24(20(8)16(13)4)26(12,28-23(11)27)25-21(9)17(5)14(2)18(6)22(25)10;1-8-9(2)11(4)14(7-16-13(6)15)12(5)10(8)3;1-6(2)8(4,5)10-7(3)9;1-5(7)8-6(2,3)4/h25H,1-11H3;1-12H3;7H2,1-6H3;6H,1-5H3;1-4H3. The zero-order valence-corrected chi connectivity index (χ0v) is 63.4. The molecule has 1 aliphatic carbocycles. The second kappa shape index (κ2) is 30.3. The third-order valence-electron chi connectivity index (χ3n) is 20.5. The minimum Gasteiger partial charge on any atom is -0.461 e. The maximum Gasteiger partial charge on any atom is 0.303 e. The summed E-state index contributed by atoms with van der Waals surface area (Å²) in [4.78, 5) is 55.9. The van der Waals surface area contributed by atoms with Crippen molar-refractivity contribution in [3.05, 3.63) is 156 Å². The summed E-state index contributed by atoms with van der Waals surface area (Å²) in [6.45, 7) is 77.3. The SMILES string of the molecule is CC(=O)OC(C)(C)C.CC(=O)OC(C)(C)C(C)C.CC(=O)OC(C)(C)C1c2c(C)c(C)c(C)c(C)c2-c2c(C)c(C)c(C)c(C)c21.CC(=O)OC(C)(c1c(C)c(C)c(C)c(C)c1C)c1c(C)c(C)c(C)c(C)c1C.CC(=O)OCc1c(C)c(C)c(C)c(C)c1C. The molecule has 5 aromatic carbocycles. The van der Waals surface area contributed by atoms with Crippen LogP contribution in [0.1, 0.15) is 266 Å². The van der Waals surface area contributed by atoms with Gasteiger partial charge >= 0.3 is 29.8 Å². The second-order valence-corrected chi connectivity index (χ2v) is 28.3. The van der Waals surface area contributed by atoms with Crippen molar-refractivity contribution in [1.82, 2.24) is 0 Å². The quantitative estimate of drug-likeness (QED) is 0.104. The summed E-state index contributed by atoms with van der Waals surface area (Å²) in [7, 11) is 0. The average Bonchev–Trinajstić information content (AvgIpc) is 1.48. The van der Waals surface area contributed by atoms with Crippen molar-refractivity contribution in [2.45, 2.75) is 298 Å². The third kappa shape index (κ3) is 17.3. The molecule has 0 radical (unpaired) electrons. The van der Waals surface area contributed by atoms with E-state index in [9.17, 15) is 24.0 Å². The van der Waals surface area contributed by atoms with Gasteiger partial charge in [0.1, 0.15) is 23.4 Å². The maximum atomic E-state index is 12.3. The van der Waals surface area contributed by atoms with E-state index in [1.807, 2.05) is 48.5 Å². The van der Waals surface area contributed by atoms with E-state index in [1.165, 1.54) is 185 Å². The summed E-state index contributed by atoms with van der Waals surface area (Å²) in [5, 5.41) is 0. The summed E-state index contributed by atoms with van der Waals surface area (Å²) in [6.07, 6.45) is 0. The molecular weight excluding hydrogens is 1120 g/mol. The molecule has 0 bridgehead atoms. The van der Waals surface area contributed by atoms with E-state index < -0.39 is 11.2 Å². The van der Waals surface area contributed by atoms with E-state index in [4.69, 9.17) is 23.7 Å². The summed E-state index contributed by atoms with van der Waals surface area (Å²) in [5.74, 6) is -0.747. The fraction of sp³-hybridized carbons (Fsp3) is 0.562. The minimum absolute atomic E-state index is 0.0393. The van der Waals surface area contributed by atoms with E-state index in [1.54, 1.807) is 0 Å². The normalized spacial score (nSPS) is 12.0. The Hall–Kier alpha value is -6.55. The van der Waals surface area contributed by atoms with Crippen molar-refractivity contribution in [2.75, 3.05) is 0 Å². The van der Waals surface area contributed by atoms with Crippen molar-refractivity contribution in [3.63, 3.8) is 0 Å². The highest BCUT2D eigenvalue weighted by Gasteiger charge is 2.46. The molecule has 10 nitrogen and oxygen atoms in total. The van der Waals surface area contributed by atoms with Crippen LogP contribution in [0.25, 0.3) is 11.1 Å². The smallest absolute Gasteiger partial charge is 0.303 e. The molecule has 498 valence electrons. The molecule has 0 unspecified atom stereocenters. The number of hydrogen-bond donors (Lipinski definition) is 0. The number of fused-ring (bicyclic) bond motifs is 3. The van der Waals surface area contributed by atoms with Crippen molar-refractivity contribution in [1.29, 1.82) is 0 Å². The molecule has 0 spiro atoms. The lowest BCUT2D eigenvalue weighted by Crippen LogP contribution is -2.35. The van der Waals surface area contributed by atoms with Gasteiger partial charge in [-0.2, -0.15) is 0 Å². The highest BCUT2D eigenvalue weighted by atomic mass is 16.6. The lowest BCUT2D eigenvalue weighted by molar-refractivity contribution is -0.158. The first kappa shape index (κ1) is 79.5. The predicted molar refractivity (Wildman–Crippen MR) is 374 cm³/mol. The number of carbonyl (C=O) groups is 5. The fourth-order valence-corrected chi connectivity index (χ4v) is 13.2. The summed E-state index contributed by atoms with van der Waals surface area (Å²) < 4.78 is 27.1.